The second-order valence-corrected chi connectivity index (χ2v) is 5.65. The minimum Gasteiger partial charge on any atom is -0.465 e. The first kappa shape index (κ1) is 14.9. The Labute approximate surface area is 123 Å². The molecule has 2 aromatic rings. The van der Waals surface area contributed by atoms with Crippen LogP contribution in [0.5, 0.6) is 0 Å². The molecule has 0 aliphatic heterocycles. The van der Waals surface area contributed by atoms with Crippen LogP contribution in [0.15, 0.2) is 18.2 Å². The third-order valence-electron chi connectivity index (χ3n) is 3.07. The van der Waals surface area contributed by atoms with Crippen LogP contribution in [0.25, 0.3) is 11.0 Å². The molecular weight excluding hydrogens is 276 g/mol. The number of rotatable bonds is 5. The fourth-order valence-electron chi connectivity index (χ4n) is 2.20. The number of aromatic amines is 1. The van der Waals surface area contributed by atoms with Crippen molar-refractivity contribution >= 4 is 28.6 Å². The number of imidazole rings is 1. The maximum Gasteiger partial charge on any atom is 0.316 e. The zero-order valence-electron chi connectivity index (χ0n) is 11.9. The van der Waals surface area contributed by atoms with E-state index in [1.54, 1.807) is 6.07 Å². The molecule has 0 radical (unpaired) electrons. The Morgan fingerprint density at radius 1 is 1.45 bits per heavy atom. The third-order valence-corrected chi connectivity index (χ3v) is 3.31. The monoisotopic (exact) mass is 294 g/mol. The number of benzene rings is 1. The SMILES string of the molecule is CCOC(=O)C(CC(C)C)c1nc2ccc(Cl)cc2[nH]1. The van der Waals surface area contributed by atoms with Gasteiger partial charge in [0.1, 0.15) is 11.7 Å². The number of nitrogens with zero attached hydrogens (tertiary/aromatic N) is 1. The fraction of sp³-hybridized carbons (Fsp3) is 0.467. The van der Waals surface area contributed by atoms with Gasteiger partial charge in [0.25, 0.3) is 0 Å². The van der Waals surface area contributed by atoms with Gasteiger partial charge in [-0.15, -0.1) is 0 Å². The summed E-state index contributed by atoms with van der Waals surface area (Å²) in [5.74, 6) is 0.433. The third kappa shape index (κ3) is 3.31. The van der Waals surface area contributed by atoms with Crippen LogP contribution in [-0.2, 0) is 9.53 Å². The number of ether oxygens (including phenoxy) is 1. The van der Waals surface area contributed by atoms with Gasteiger partial charge < -0.3 is 9.72 Å². The number of fused-ring (bicyclic) bond motifs is 1. The van der Waals surface area contributed by atoms with Crippen LogP contribution in [0.3, 0.4) is 0 Å². The largest absolute Gasteiger partial charge is 0.465 e. The Morgan fingerprint density at radius 3 is 2.85 bits per heavy atom. The molecule has 1 N–H and O–H groups in total. The molecule has 5 heteroatoms. The van der Waals surface area contributed by atoms with Gasteiger partial charge in [0.15, 0.2) is 0 Å². The Bertz CT molecular complexity index is 607. The lowest BCUT2D eigenvalue weighted by Gasteiger charge is -2.15. The topological polar surface area (TPSA) is 55.0 Å². The minimum atomic E-state index is -0.360. The second-order valence-electron chi connectivity index (χ2n) is 5.22. The van der Waals surface area contributed by atoms with Gasteiger partial charge in [0.05, 0.1) is 17.6 Å². The predicted molar refractivity (Wildman–Crippen MR) is 79.9 cm³/mol. The number of carbonyl (C=O) groups is 1. The number of carbonyl (C=O) groups excluding carboxylic acids is 1. The molecule has 0 spiro atoms. The number of hydrogen-bond acceptors (Lipinski definition) is 3. The average molecular weight is 295 g/mol. The molecule has 1 aromatic heterocycles. The fourth-order valence-corrected chi connectivity index (χ4v) is 2.37. The zero-order chi connectivity index (χ0) is 14.7. The molecule has 4 nitrogen and oxygen atoms in total. The summed E-state index contributed by atoms with van der Waals surface area (Å²) in [7, 11) is 0. The van der Waals surface area contributed by atoms with Crippen molar-refractivity contribution in [3.8, 4) is 0 Å². The Kier molecular flexibility index (Phi) is 4.65. The standard InChI is InChI=1S/C15H19ClN2O2/c1-4-20-15(19)11(7-9(2)3)14-17-12-6-5-10(16)8-13(12)18-14/h5-6,8-9,11H,4,7H2,1-3H3,(H,17,18). The van der Waals surface area contributed by atoms with Gasteiger partial charge in [0, 0.05) is 5.02 Å². The van der Waals surface area contributed by atoms with Gasteiger partial charge in [-0.1, -0.05) is 25.4 Å². The van der Waals surface area contributed by atoms with E-state index in [4.69, 9.17) is 16.3 Å². The van der Waals surface area contributed by atoms with Crippen molar-refractivity contribution in [2.24, 2.45) is 5.92 Å². The van der Waals surface area contributed by atoms with Crippen LogP contribution in [0.2, 0.25) is 5.02 Å². The van der Waals surface area contributed by atoms with E-state index in [-0.39, 0.29) is 11.9 Å². The van der Waals surface area contributed by atoms with E-state index >= 15 is 0 Å². The molecule has 1 heterocycles. The van der Waals surface area contributed by atoms with Gasteiger partial charge in [-0.05, 0) is 37.5 Å². The van der Waals surface area contributed by atoms with E-state index in [1.165, 1.54) is 0 Å². The lowest BCUT2D eigenvalue weighted by atomic mass is 9.96. The average Bonchev–Trinajstić information content (AvgIpc) is 2.78. The first-order valence-electron chi connectivity index (χ1n) is 6.83. The molecule has 2 rings (SSSR count). The summed E-state index contributed by atoms with van der Waals surface area (Å²) in [5.41, 5.74) is 1.65. The summed E-state index contributed by atoms with van der Waals surface area (Å²) >= 11 is 5.96. The molecule has 0 saturated heterocycles. The number of hydrogen-bond donors (Lipinski definition) is 1. The van der Waals surface area contributed by atoms with Gasteiger partial charge in [0.2, 0.25) is 0 Å². The summed E-state index contributed by atoms with van der Waals surface area (Å²) in [6.07, 6.45) is 0.701. The van der Waals surface area contributed by atoms with Gasteiger partial charge in [-0.3, -0.25) is 4.79 Å². The van der Waals surface area contributed by atoms with E-state index in [1.807, 2.05) is 19.1 Å². The maximum absolute atomic E-state index is 12.1. The van der Waals surface area contributed by atoms with Crippen molar-refractivity contribution in [1.82, 2.24) is 9.97 Å². The molecule has 108 valence electrons. The lowest BCUT2D eigenvalue weighted by Crippen LogP contribution is -2.19. The highest BCUT2D eigenvalue weighted by atomic mass is 35.5. The highest BCUT2D eigenvalue weighted by Crippen LogP contribution is 2.26. The number of aromatic nitrogens is 2. The number of H-pyrrole nitrogens is 1. The van der Waals surface area contributed by atoms with Crippen LogP contribution in [-0.4, -0.2) is 22.5 Å². The highest BCUT2D eigenvalue weighted by molar-refractivity contribution is 6.31. The normalized spacial score (nSPS) is 12.8. The van der Waals surface area contributed by atoms with E-state index in [9.17, 15) is 4.79 Å². The van der Waals surface area contributed by atoms with Crippen LogP contribution >= 0.6 is 11.6 Å². The van der Waals surface area contributed by atoms with E-state index in [0.29, 0.717) is 29.8 Å². The van der Waals surface area contributed by atoms with Crippen molar-refractivity contribution in [3.05, 3.63) is 29.0 Å². The van der Waals surface area contributed by atoms with Gasteiger partial charge >= 0.3 is 5.97 Å². The minimum absolute atomic E-state index is 0.230. The summed E-state index contributed by atoms with van der Waals surface area (Å²) in [4.78, 5) is 19.8. The Morgan fingerprint density at radius 2 is 2.20 bits per heavy atom. The van der Waals surface area contributed by atoms with Gasteiger partial charge in [-0.25, -0.2) is 4.98 Å². The van der Waals surface area contributed by atoms with E-state index < -0.39 is 0 Å². The van der Waals surface area contributed by atoms with Crippen molar-refractivity contribution in [2.45, 2.75) is 33.1 Å². The van der Waals surface area contributed by atoms with Crippen LogP contribution in [0.4, 0.5) is 0 Å². The van der Waals surface area contributed by atoms with Crippen molar-refractivity contribution in [1.29, 1.82) is 0 Å². The highest BCUT2D eigenvalue weighted by Gasteiger charge is 2.26. The molecule has 1 unspecified atom stereocenters. The van der Waals surface area contributed by atoms with Crippen LogP contribution in [0, 0.1) is 5.92 Å². The smallest absolute Gasteiger partial charge is 0.316 e. The lowest BCUT2D eigenvalue weighted by molar-refractivity contribution is -0.145. The summed E-state index contributed by atoms with van der Waals surface area (Å²) in [6.45, 7) is 6.33. The van der Waals surface area contributed by atoms with E-state index in [2.05, 4.69) is 23.8 Å². The number of halogens is 1. The summed E-state index contributed by atoms with van der Waals surface area (Å²) in [5, 5.41) is 0.643. The molecule has 0 fully saturated rings. The van der Waals surface area contributed by atoms with Crippen LogP contribution in [0.1, 0.15) is 38.9 Å². The van der Waals surface area contributed by atoms with E-state index in [0.717, 1.165) is 11.0 Å². The number of nitrogens with one attached hydrogen (secondary N) is 1. The van der Waals surface area contributed by atoms with Crippen LogP contribution < -0.4 is 0 Å². The zero-order valence-corrected chi connectivity index (χ0v) is 12.7. The molecule has 1 atom stereocenters. The molecule has 0 aliphatic carbocycles. The van der Waals surface area contributed by atoms with Crippen molar-refractivity contribution < 1.29 is 9.53 Å². The summed E-state index contributed by atoms with van der Waals surface area (Å²) < 4.78 is 5.15. The molecule has 20 heavy (non-hydrogen) atoms. The van der Waals surface area contributed by atoms with Gasteiger partial charge in [-0.2, -0.15) is 0 Å². The molecule has 0 saturated carbocycles. The summed E-state index contributed by atoms with van der Waals surface area (Å²) in [6, 6.07) is 5.44. The molecular formula is C15H19ClN2O2. The van der Waals surface area contributed by atoms with Crippen molar-refractivity contribution in [3.63, 3.8) is 0 Å². The molecule has 0 aliphatic rings. The quantitative estimate of drug-likeness (QED) is 0.851. The first-order valence-corrected chi connectivity index (χ1v) is 7.20. The first-order chi connectivity index (χ1) is 9.51. The molecule has 0 amide bonds. The molecule has 0 bridgehead atoms. The predicted octanol–water partition coefficient (Wildman–Crippen LogP) is 3.91. The second kappa shape index (κ2) is 6.27. The number of esters is 1. The maximum atomic E-state index is 12.1. The Balaban J connectivity index is 2.36. The Hall–Kier alpha value is -1.55. The van der Waals surface area contributed by atoms with Crippen molar-refractivity contribution in [2.75, 3.05) is 6.61 Å². The molecule has 1 aromatic carbocycles.